The number of hydrogen-bond donors (Lipinski definition) is 0. The maximum absolute atomic E-state index is 11.6. The van der Waals surface area contributed by atoms with E-state index in [-0.39, 0.29) is 6.61 Å². The largest absolute Gasteiger partial charge is 0.514 e. The summed E-state index contributed by atoms with van der Waals surface area (Å²) in [4.78, 5) is 15.1. The maximum atomic E-state index is 11.6. The van der Waals surface area contributed by atoms with Gasteiger partial charge in [0.2, 0.25) is 0 Å². The molecule has 0 saturated heterocycles. The zero-order valence-corrected chi connectivity index (χ0v) is 11.7. The van der Waals surface area contributed by atoms with Crippen LogP contribution in [0, 0.1) is 6.57 Å². The molecule has 0 aromatic rings. The van der Waals surface area contributed by atoms with Crippen molar-refractivity contribution in [2.75, 3.05) is 19.8 Å². The van der Waals surface area contributed by atoms with E-state index in [4.69, 9.17) is 25.5 Å². The second-order valence-electron chi connectivity index (χ2n) is 4.15. The highest BCUT2D eigenvalue weighted by molar-refractivity contribution is 5.61. The van der Waals surface area contributed by atoms with Crippen molar-refractivity contribution in [3.8, 4) is 0 Å². The molecule has 1 unspecified atom stereocenters. The van der Waals surface area contributed by atoms with Crippen molar-refractivity contribution in [2.24, 2.45) is 0 Å². The average molecular weight is 271 g/mol. The fraction of sp³-hybridized carbons (Fsp3) is 0.846. The topological polar surface area (TPSA) is 58.4 Å². The summed E-state index contributed by atoms with van der Waals surface area (Å²) in [6, 6.07) is 0. The minimum atomic E-state index is -1.45. The zero-order chi connectivity index (χ0) is 14.4. The quantitative estimate of drug-likeness (QED) is 0.422. The number of rotatable bonds is 6. The molecular formula is C13H21NO5. The lowest BCUT2D eigenvalue weighted by Gasteiger charge is -2.34. The van der Waals surface area contributed by atoms with Gasteiger partial charge in [0, 0.05) is 19.6 Å². The standard InChI is InChI=1S/C13H21NO5/c1-5-16-11(15)19-12(14-4)9-8-10-13(12,17-6-2)18-7-3/h5-10H2,1-3H3. The molecule has 0 aliphatic heterocycles. The highest BCUT2D eigenvalue weighted by atomic mass is 16.8. The van der Waals surface area contributed by atoms with E-state index in [2.05, 4.69) is 4.85 Å². The second kappa shape index (κ2) is 6.73. The first-order valence-electron chi connectivity index (χ1n) is 6.62. The van der Waals surface area contributed by atoms with Crippen LogP contribution in [0.15, 0.2) is 0 Å². The predicted molar refractivity (Wildman–Crippen MR) is 67.3 cm³/mol. The van der Waals surface area contributed by atoms with Crippen LogP contribution in [0.1, 0.15) is 40.0 Å². The van der Waals surface area contributed by atoms with Gasteiger partial charge in [-0.15, -0.1) is 0 Å². The SMILES string of the molecule is [C-]#[N+]C1(OC(=O)OCC)CCCC1(OCC)OCC. The van der Waals surface area contributed by atoms with Crippen LogP contribution in [0.2, 0.25) is 0 Å². The van der Waals surface area contributed by atoms with Crippen molar-refractivity contribution >= 4 is 6.16 Å². The Labute approximate surface area is 113 Å². The molecule has 6 nitrogen and oxygen atoms in total. The van der Waals surface area contributed by atoms with Crippen molar-refractivity contribution < 1.29 is 23.7 Å². The lowest BCUT2D eigenvalue weighted by atomic mass is 10.1. The van der Waals surface area contributed by atoms with Gasteiger partial charge < -0.3 is 18.9 Å². The smallest absolute Gasteiger partial charge is 0.434 e. The molecule has 0 radical (unpaired) electrons. The molecule has 1 aliphatic rings. The molecule has 1 aliphatic carbocycles. The van der Waals surface area contributed by atoms with Gasteiger partial charge in [-0.2, -0.15) is 0 Å². The molecule has 1 rings (SSSR count). The Hall–Kier alpha value is -1.32. The molecule has 1 saturated carbocycles. The van der Waals surface area contributed by atoms with E-state index in [9.17, 15) is 4.79 Å². The van der Waals surface area contributed by atoms with Crippen molar-refractivity contribution in [3.05, 3.63) is 11.4 Å². The normalized spacial score (nSPS) is 24.7. The first-order valence-corrected chi connectivity index (χ1v) is 6.62. The summed E-state index contributed by atoms with van der Waals surface area (Å²) < 4.78 is 21.3. The lowest BCUT2D eigenvalue weighted by Crippen LogP contribution is -2.54. The fourth-order valence-electron chi connectivity index (χ4n) is 2.40. The van der Waals surface area contributed by atoms with E-state index >= 15 is 0 Å². The number of hydrogen-bond acceptors (Lipinski definition) is 5. The van der Waals surface area contributed by atoms with Crippen LogP contribution in [0.3, 0.4) is 0 Å². The van der Waals surface area contributed by atoms with Gasteiger partial charge in [-0.3, -0.25) is 4.85 Å². The molecule has 0 heterocycles. The van der Waals surface area contributed by atoms with Gasteiger partial charge in [-0.25, -0.2) is 11.4 Å². The third-order valence-corrected chi connectivity index (χ3v) is 3.07. The van der Waals surface area contributed by atoms with E-state index in [1.165, 1.54) is 0 Å². The Kier molecular flexibility index (Phi) is 5.58. The minimum absolute atomic E-state index is 0.198. The highest BCUT2D eigenvalue weighted by Gasteiger charge is 2.68. The summed E-state index contributed by atoms with van der Waals surface area (Å²) in [6.07, 6.45) is 0.747. The molecule has 0 aromatic carbocycles. The first-order chi connectivity index (χ1) is 9.09. The Morgan fingerprint density at radius 2 is 1.79 bits per heavy atom. The summed E-state index contributed by atoms with van der Waals surface area (Å²) in [5, 5.41) is 0. The molecule has 108 valence electrons. The Balaban J connectivity index is 3.00. The molecule has 0 aromatic heterocycles. The number of carbonyl (C=O) groups excluding carboxylic acids is 1. The molecule has 1 atom stereocenters. The van der Waals surface area contributed by atoms with Crippen LogP contribution < -0.4 is 0 Å². The summed E-state index contributed by atoms with van der Waals surface area (Å²) in [5.41, 5.74) is -1.45. The molecule has 0 amide bonds. The minimum Gasteiger partial charge on any atom is -0.434 e. The predicted octanol–water partition coefficient (Wildman–Crippen LogP) is 2.73. The van der Waals surface area contributed by atoms with Crippen molar-refractivity contribution in [3.63, 3.8) is 0 Å². The van der Waals surface area contributed by atoms with Gasteiger partial charge in [0.15, 0.2) is 0 Å². The maximum Gasteiger partial charge on any atom is 0.514 e. The molecule has 0 spiro atoms. The van der Waals surface area contributed by atoms with Crippen LogP contribution >= 0.6 is 0 Å². The second-order valence-corrected chi connectivity index (χ2v) is 4.15. The summed E-state index contributed by atoms with van der Waals surface area (Å²) >= 11 is 0. The number of ether oxygens (including phenoxy) is 4. The van der Waals surface area contributed by atoms with E-state index in [0.717, 1.165) is 0 Å². The average Bonchev–Trinajstić information content (AvgIpc) is 2.70. The van der Waals surface area contributed by atoms with Crippen LogP contribution in [0.25, 0.3) is 4.85 Å². The van der Waals surface area contributed by atoms with Gasteiger partial charge in [0.05, 0.1) is 13.0 Å². The highest BCUT2D eigenvalue weighted by Crippen LogP contribution is 2.47. The zero-order valence-electron chi connectivity index (χ0n) is 11.7. The monoisotopic (exact) mass is 271 g/mol. The van der Waals surface area contributed by atoms with E-state index < -0.39 is 17.7 Å². The summed E-state index contributed by atoms with van der Waals surface area (Å²) in [5.74, 6) is -1.19. The molecule has 19 heavy (non-hydrogen) atoms. The van der Waals surface area contributed by atoms with Crippen LogP contribution in [-0.4, -0.2) is 37.5 Å². The lowest BCUT2D eigenvalue weighted by molar-refractivity contribution is -0.293. The third-order valence-electron chi connectivity index (χ3n) is 3.07. The van der Waals surface area contributed by atoms with E-state index in [1.807, 2.05) is 13.8 Å². The third kappa shape index (κ3) is 2.99. The van der Waals surface area contributed by atoms with Crippen LogP contribution in [0.4, 0.5) is 4.79 Å². The van der Waals surface area contributed by atoms with E-state index in [0.29, 0.717) is 32.5 Å². The van der Waals surface area contributed by atoms with Crippen molar-refractivity contribution in [1.82, 2.24) is 0 Å². The molecule has 6 heteroatoms. The Morgan fingerprint density at radius 3 is 2.26 bits per heavy atom. The van der Waals surface area contributed by atoms with Crippen molar-refractivity contribution in [1.29, 1.82) is 0 Å². The van der Waals surface area contributed by atoms with E-state index in [1.54, 1.807) is 6.92 Å². The summed E-state index contributed by atoms with van der Waals surface area (Å²) in [6.45, 7) is 13.7. The fourth-order valence-corrected chi connectivity index (χ4v) is 2.40. The number of carbonyl (C=O) groups is 1. The Bertz CT molecular complexity index is 345. The van der Waals surface area contributed by atoms with Gasteiger partial charge in [0.1, 0.15) is 0 Å². The van der Waals surface area contributed by atoms with Crippen LogP contribution in [0.5, 0.6) is 0 Å². The summed E-state index contributed by atoms with van der Waals surface area (Å²) in [7, 11) is 0. The van der Waals surface area contributed by atoms with Gasteiger partial charge in [0.25, 0.3) is 5.79 Å². The molecule has 1 fully saturated rings. The van der Waals surface area contributed by atoms with Gasteiger partial charge in [-0.1, -0.05) is 0 Å². The first kappa shape index (κ1) is 15.7. The number of nitrogens with zero attached hydrogens (tertiary/aromatic N) is 1. The molecule has 0 N–H and O–H groups in total. The van der Waals surface area contributed by atoms with Gasteiger partial charge in [-0.05, 0) is 27.2 Å². The van der Waals surface area contributed by atoms with Gasteiger partial charge >= 0.3 is 11.9 Å². The van der Waals surface area contributed by atoms with Crippen LogP contribution in [-0.2, 0) is 18.9 Å². The molecular weight excluding hydrogens is 250 g/mol. The molecule has 0 bridgehead atoms. The van der Waals surface area contributed by atoms with Crippen molar-refractivity contribution in [2.45, 2.75) is 51.5 Å². The Morgan fingerprint density at radius 1 is 1.16 bits per heavy atom.